The third-order valence-electron chi connectivity index (χ3n) is 4.04. The molecule has 0 radical (unpaired) electrons. The molecule has 0 fully saturated rings. The van der Waals surface area contributed by atoms with Crippen molar-refractivity contribution in [1.82, 2.24) is 4.98 Å². The van der Waals surface area contributed by atoms with Crippen molar-refractivity contribution in [3.63, 3.8) is 0 Å². The lowest BCUT2D eigenvalue weighted by atomic mass is 9.96. The van der Waals surface area contributed by atoms with Crippen LogP contribution in [0.2, 0.25) is 0 Å². The fraction of sp³-hybridized carbons (Fsp3) is 0.263. The lowest BCUT2D eigenvalue weighted by Crippen LogP contribution is -2.02. The van der Waals surface area contributed by atoms with E-state index in [9.17, 15) is 9.90 Å². The van der Waals surface area contributed by atoms with Crippen molar-refractivity contribution in [2.24, 2.45) is 0 Å². The van der Waals surface area contributed by atoms with Crippen molar-refractivity contribution >= 4 is 28.2 Å². The Bertz CT molecular complexity index is 909. The molecule has 0 aliphatic rings. The molecule has 0 amide bonds. The molecule has 3 rings (SSSR count). The first kappa shape index (κ1) is 15.7. The van der Waals surface area contributed by atoms with E-state index < -0.39 is 5.97 Å². The molecule has 0 spiro atoms. The zero-order valence-corrected chi connectivity index (χ0v) is 14.5. The maximum atomic E-state index is 11.7. The minimum absolute atomic E-state index is 0.286. The van der Waals surface area contributed by atoms with Gasteiger partial charge in [-0.2, -0.15) is 0 Å². The Morgan fingerprint density at radius 2 is 1.96 bits per heavy atom. The second-order valence-corrected chi connectivity index (χ2v) is 7.55. The van der Waals surface area contributed by atoms with Gasteiger partial charge in [-0.25, -0.2) is 9.78 Å². The summed E-state index contributed by atoms with van der Waals surface area (Å²) in [7, 11) is 0. The van der Waals surface area contributed by atoms with Crippen LogP contribution in [0.25, 0.3) is 22.2 Å². The van der Waals surface area contributed by atoms with Crippen molar-refractivity contribution in [2.45, 2.75) is 33.6 Å². The van der Waals surface area contributed by atoms with Crippen molar-refractivity contribution in [1.29, 1.82) is 0 Å². The third-order valence-corrected chi connectivity index (χ3v) is 5.01. The summed E-state index contributed by atoms with van der Waals surface area (Å²) in [5, 5.41) is 10.3. The molecule has 1 N–H and O–H groups in total. The van der Waals surface area contributed by atoms with Gasteiger partial charge < -0.3 is 5.11 Å². The van der Waals surface area contributed by atoms with Crippen LogP contribution in [-0.2, 0) is 0 Å². The standard InChI is InChI=1S/C19H19NO2S/c1-10(2)13-6-5-7-14-16(19(21)22)9-17(20-18(13)14)15-8-11(3)23-12(15)4/h5-10H,1-4H3,(H,21,22). The largest absolute Gasteiger partial charge is 0.478 e. The normalized spacial score (nSPS) is 11.3. The molecule has 0 aliphatic carbocycles. The quantitative estimate of drug-likeness (QED) is 0.701. The number of aromatic nitrogens is 1. The van der Waals surface area contributed by atoms with Gasteiger partial charge in [0.2, 0.25) is 0 Å². The van der Waals surface area contributed by atoms with Crippen LogP contribution in [0.3, 0.4) is 0 Å². The molecule has 0 aliphatic heterocycles. The molecular formula is C19H19NO2S. The maximum absolute atomic E-state index is 11.7. The zero-order chi connectivity index (χ0) is 16.7. The van der Waals surface area contributed by atoms with Gasteiger partial charge in [-0.1, -0.05) is 32.0 Å². The van der Waals surface area contributed by atoms with E-state index >= 15 is 0 Å². The number of carboxylic acid groups (broad SMARTS) is 1. The highest BCUT2D eigenvalue weighted by molar-refractivity contribution is 7.12. The molecule has 3 aromatic rings. The Morgan fingerprint density at radius 1 is 1.22 bits per heavy atom. The van der Waals surface area contributed by atoms with Crippen molar-refractivity contribution in [2.75, 3.05) is 0 Å². The molecule has 4 heteroatoms. The van der Waals surface area contributed by atoms with Gasteiger partial charge in [0.15, 0.2) is 0 Å². The SMILES string of the molecule is Cc1cc(-c2cc(C(=O)O)c3cccc(C(C)C)c3n2)c(C)s1. The number of rotatable bonds is 3. The molecular weight excluding hydrogens is 306 g/mol. The molecule has 3 nitrogen and oxygen atoms in total. The number of carboxylic acids is 1. The highest BCUT2D eigenvalue weighted by Gasteiger charge is 2.17. The summed E-state index contributed by atoms with van der Waals surface area (Å²) in [4.78, 5) is 18.9. The van der Waals surface area contributed by atoms with Gasteiger partial charge >= 0.3 is 5.97 Å². The smallest absolute Gasteiger partial charge is 0.336 e. The summed E-state index contributed by atoms with van der Waals surface area (Å²) < 4.78 is 0. The highest BCUT2D eigenvalue weighted by atomic mass is 32.1. The van der Waals surface area contributed by atoms with Crippen LogP contribution in [0.4, 0.5) is 0 Å². The van der Waals surface area contributed by atoms with Crippen molar-refractivity contribution < 1.29 is 9.90 Å². The number of carbonyl (C=O) groups is 1. The van der Waals surface area contributed by atoms with Gasteiger partial charge in [-0.05, 0) is 37.5 Å². The first-order chi connectivity index (χ1) is 10.9. The minimum Gasteiger partial charge on any atom is -0.478 e. The molecule has 0 bridgehead atoms. The summed E-state index contributed by atoms with van der Waals surface area (Å²) in [6.07, 6.45) is 0. The van der Waals surface area contributed by atoms with Crippen molar-refractivity contribution in [3.8, 4) is 11.3 Å². The molecule has 2 aromatic heterocycles. The van der Waals surface area contributed by atoms with Gasteiger partial charge in [-0.15, -0.1) is 11.3 Å². The Morgan fingerprint density at radius 3 is 2.52 bits per heavy atom. The molecule has 0 atom stereocenters. The minimum atomic E-state index is -0.913. The molecule has 0 unspecified atom stereocenters. The second-order valence-electron chi connectivity index (χ2n) is 6.09. The number of nitrogens with zero attached hydrogens (tertiary/aromatic N) is 1. The molecule has 0 saturated carbocycles. The molecule has 2 heterocycles. The summed E-state index contributed by atoms with van der Waals surface area (Å²) in [5.74, 6) is -0.627. The number of hydrogen-bond acceptors (Lipinski definition) is 3. The van der Waals surface area contributed by atoms with Crippen LogP contribution in [0.5, 0.6) is 0 Å². The fourth-order valence-corrected chi connectivity index (χ4v) is 3.87. The van der Waals surface area contributed by atoms with Crippen LogP contribution in [0.15, 0.2) is 30.3 Å². The van der Waals surface area contributed by atoms with Gasteiger partial charge in [-0.3, -0.25) is 0 Å². The van der Waals surface area contributed by atoms with Crippen LogP contribution < -0.4 is 0 Å². The predicted molar refractivity (Wildman–Crippen MR) is 95.6 cm³/mol. The van der Waals surface area contributed by atoms with Crippen LogP contribution in [0, 0.1) is 13.8 Å². The number of hydrogen-bond donors (Lipinski definition) is 1. The fourth-order valence-electron chi connectivity index (χ4n) is 2.94. The topological polar surface area (TPSA) is 50.2 Å². The van der Waals surface area contributed by atoms with Crippen molar-refractivity contribution in [3.05, 3.63) is 51.2 Å². The first-order valence-electron chi connectivity index (χ1n) is 7.63. The number of pyridine rings is 1. The third kappa shape index (κ3) is 2.75. The van der Waals surface area contributed by atoms with Gasteiger partial charge in [0.1, 0.15) is 0 Å². The number of benzene rings is 1. The predicted octanol–water partition coefficient (Wildman–Crippen LogP) is 5.40. The van der Waals surface area contributed by atoms with E-state index in [1.165, 1.54) is 4.88 Å². The zero-order valence-electron chi connectivity index (χ0n) is 13.7. The Balaban J connectivity index is 2.39. The lowest BCUT2D eigenvalue weighted by molar-refractivity contribution is 0.0699. The van der Waals surface area contributed by atoms with E-state index in [-0.39, 0.29) is 5.92 Å². The van der Waals surface area contributed by atoms with Crippen LogP contribution >= 0.6 is 11.3 Å². The Kier molecular flexibility index (Phi) is 3.94. The van der Waals surface area contributed by atoms with E-state index in [1.54, 1.807) is 17.4 Å². The average molecular weight is 325 g/mol. The molecule has 118 valence electrons. The van der Waals surface area contributed by atoms with Gasteiger partial charge in [0.25, 0.3) is 0 Å². The van der Waals surface area contributed by atoms with Gasteiger partial charge in [0, 0.05) is 20.7 Å². The Labute approximate surface area is 139 Å². The van der Waals surface area contributed by atoms with Crippen LogP contribution in [0.1, 0.15) is 45.4 Å². The average Bonchev–Trinajstić information content (AvgIpc) is 2.83. The second kappa shape index (κ2) is 5.78. The number of aryl methyl sites for hydroxylation is 2. The Hall–Kier alpha value is -2.20. The number of aromatic carboxylic acids is 1. The molecule has 23 heavy (non-hydrogen) atoms. The molecule has 1 aromatic carbocycles. The van der Waals surface area contributed by atoms with E-state index in [4.69, 9.17) is 4.98 Å². The van der Waals surface area contributed by atoms with E-state index in [0.29, 0.717) is 10.9 Å². The monoisotopic (exact) mass is 325 g/mol. The summed E-state index contributed by atoms with van der Waals surface area (Å²) in [6, 6.07) is 9.56. The first-order valence-corrected chi connectivity index (χ1v) is 8.44. The van der Waals surface area contributed by atoms with E-state index in [2.05, 4.69) is 26.8 Å². The summed E-state index contributed by atoms with van der Waals surface area (Å²) in [6.45, 7) is 8.31. The van der Waals surface area contributed by atoms with Crippen LogP contribution in [-0.4, -0.2) is 16.1 Å². The highest BCUT2D eigenvalue weighted by Crippen LogP contribution is 2.34. The summed E-state index contributed by atoms with van der Waals surface area (Å²) >= 11 is 1.71. The lowest BCUT2D eigenvalue weighted by Gasteiger charge is -2.13. The summed E-state index contributed by atoms with van der Waals surface area (Å²) in [5.41, 5.74) is 3.95. The van der Waals surface area contributed by atoms with E-state index in [0.717, 1.165) is 27.2 Å². The van der Waals surface area contributed by atoms with E-state index in [1.807, 2.05) is 25.1 Å². The molecule has 0 saturated heterocycles. The number of para-hydroxylation sites is 1. The number of fused-ring (bicyclic) bond motifs is 1. The maximum Gasteiger partial charge on any atom is 0.336 e. The number of thiophene rings is 1. The van der Waals surface area contributed by atoms with Gasteiger partial charge in [0.05, 0.1) is 16.8 Å².